The molecule has 0 N–H and O–H groups in total. The molecule has 0 spiro atoms. The Kier molecular flexibility index (Phi) is 5.94. The predicted molar refractivity (Wildman–Crippen MR) is 192 cm³/mol. The number of benzene rings is 7. The van der Waals surface area contributed by atoms with Gasteiger partial charge in [-0.15, -0.1) is 0 Å². The Bertz CT molecular complexity index is 2550. The molecule has 0 amide bonds. The van der Waals surface area contributed by atoms with E-state index < -0.39 is 0 Å². The average molecular weight is 596 g/mol. The predicted octanol–water partition coefficient (Wildman–Crippen LogP) is 11.2. The van der Waals surface area contributed by atoms with Crippen molar-refractivity contribution in [2.75, 3.05) is 0 Å². The molecule has 0 fully saturated rings. The van der Waals surface area contributed by atoms with Gasteiger partial charge in [0.15, 0.2) is 0 Å². The largest absolute Gasteiger partial charge is 0.307 e. The highest BCUT2D eigenvalue weighted by molar-refractivity contribution is 6.27. The van der Waals surface area contributed by atoms with Gasteiger partial charge in [-0.05, 0) is 57.6 Å². The first-order valence-electron chi connectivity index (χ1n) is 15.6. The third-order valence-corrected chi connectivity index (χ3v) is 9.40. The molecule has 0 aliphatic heterocycles. The van der Waals surface area contributed by atoms with Gasteiger partial charge in [0.1, 0.15) is 0 Å². The second-order valence-electron chi connectivity index (χ2n) is 11.9. The Labute approximate surface area is 271 Å². The van der Waals surface area contributed by atoms with Gasteiger partial charge in [-0.2, -0.15) is 10.5 Å². The Morgan fingerprint density at radius 1 is 0.340 bits per heavy atom. The minimum Gasteiger partial charge on any atom is -0.307 e. The maximum absolute atomic E-state index is 10.5. The number of para-hydroxylation sites is 1. The van der Waals surface area contributed by atoms with Crippen LogP contribution in [0.15, 0.2) is 152 Å². The van der Waals surface area contributed by atoms with E-state index in [0.717, 1.165) is 82.6 Å². The molecular weight excluding hydrogens is 571 g/mol. The zero-order valence-corrected chi connectivity index (χ0v) is 25.3. The van der Waals surface area contributed by atoms with Gasteiger partial charge in [-0.3, -0.25) is 0 Å². The molecule has 3 heteroatoms. The van der Waals surface area contributed by atoms with Gasteiger partial charge in [0.2, 0.25) is 0 Å². The average Bonchev–Trinajstić information content (AvgIpc) is 3.67. The summed E-state index contributed by atoms with van der Waals surface area (Å²) in [5.74, 6) is 0. The highest BCUT2D eigenvalue weighted by Gasteiger charge is 2.25. The van der Waals surface area contributed by atoms with Crippen LogP contribution in [0.1, 0.15) is 11.1 Å². The maximum atomic E-state index is 10.5. The second-order valence-corrected chi connectivity index (χ2v) is 11.9. The molecule has 3 nitrogen and oxygen atoms in total. The standard InChI is InChI=1S/C44H25N3/c45-26-34-20-22-38-36-18-9-19-37-39-23-21-35(27-46)41(33-17-8-15-31(25-33)29-12-5-2-6-13-29)44(39)47(42(36)37)43(38)40(34)32-16-7-14-30(24-32)28-10-3-1-4-11-28/h1-25H. The van der Waals surface area contributed by atoms with Crippen LogP contribution in [0.2, 0.25) is 0 Å². The Hall–Kier alpha value is -6.68. The van der Waals surface area contributed by atoms with Crippen molar-refractivity contribution in [2.45, 2.75) is 0 Å². The van der Waals surface area contributed by atoms with Crippen LogP contribution in [0.25, 0.3) is 82.6 Å². The summed E-state index contributed by atoms with van der Waals surface area (Å²) in [5, 5.41) is 25.5. The van der Waals surface area contributed by atoms with Crippen LogP contribution < -0.4 is 0 Å². The van der Waals surface area contributed by atoms with Crippen LogP contribution >= 0.6 is 0 Å². The molecule has 216 valence electrons. The van der Waals surface area contributed by atoms with Crippen LogP contribution in [0.4, 0.5) is 0 Å². The van der Waals surface area contributed by atoms with E-state index in [0.29, 0.717) is 11.1 Å². The van der Waals surface area contributed by atoms with E-state index in [2.05, 4.69) is 120 Å². The molecule has 0 saturated heterocycles. The first-order chi connectivity index (χ1) is 23.2. The molecule has 47 heavy (non-hydrogen) atoms. The van der Waals surface area contributed by atoms with Crippen LogP contribution in [0.3, 0.4) is 0 Å². The second kappa shape index (κ2) is 10.5. The topological polar surface area (TPSA) is 52.0 Å². The fourth-order valence-corrected chi connectivity index (χ4v) is 7.38. The van der Waals surface area contributed by atoms with Gasteiger partial charge in [0.25, 0.3) is 0 Å². The minimum absolute atomic E-state index is 0.612. The number of hydrogen-bond donors (Lipinski definition) is 0. The first kappa shape index (κ1) is 26.7. The molecule has 0 bridgehead atoms. The van der Waals surface area contributed by atoms with E-state index in [9.17, 15) is 10.5 Å². The van der Waals surface area contributed by atoms with E-state index in [1.807, 2.05) is 48.5 Å². The van der Waals surface area contributed by atoms with E-state index in [1.165, 1.54) is 0 Å². The number of fused-ring (bicyclic) bond motifs is 6. The number of hydrogen-bond acceptors (Lipinski definition) is 2. The molecule has 0 atom stereocenters. The fraction of sp³-hybridized carbons (Fsp3) is 0. The molecule has 0 unspecified atom stereocenters. The number of nitrogens with zero attached hydrogens (tertiary/aromatic N) is 3. The SMILES string of the molecule is N#Cc1ccc2c3cccc4c5ccc(C#N)c(-c6cccc(-c7ccccc7)c6)c5n(c2c1-c1cccc(-c2ccccc2)c1)c34. The van der Waals surface area contributed by atoms with Crippen molar-refractivity contribution in [3.63, 3.8) is 0 Å². The number of nitriles is 2. The van der Waals surface area contributed by atoms with E-state index >= 15 is 0 Å². The number of aromatic nitrogens is 1. The van der Waals surface area contributed by atoms with Crippen molar-refractivity contribution >= 4 is 38.1 Å². The summed E-state index contributed by atoms with van der Waals surface area (Å²) in [4.78, 5) is 0. The smallest absolute Gasteiger partial charge is 0.0998 e. The first-order valence-corrected chi connectivity index (χ1v) is 15.6. The van der Waals surface area contributed by atoms with Gasteiger partial charge in [-0.25, -0.2) is 0 Å². The van der Waals surface area contributed by atoms with Crippen molar-refractivity contribution in [2.24, 2.45) is 0 Å². The van der Waals surface area contributed by atoms with Crippen molar-refractivity contribution < 1.29 is 0 Å². The number of rotatable bonds is 4. The Morgan fingerprint density at radius 2 is 0.723 bits per heavy atom. The molecule has 7 aromatic carbocycles. The molecule has 2 heterocycles. The lowest BCUT2D eigenvalue weighted by molar-refractivity contribution is 1.36. The summed E-state index contributed by atoms with van der Waals surface area (Å²) >= 11 is 0. The summed E-state index contributed by atoms with van der Waals surface area (Å²) in [5.41, 5.74) is 12.4. The highest BCUT2D eigenvalue weighted by atomic mass is 14.9. The lowest BCUT2D eigenvalue weighted by Crippen LogP contribution is -1.94. The quantitative estimate of drug-likeness (QED) is 0.203. The van der Waals surface area contributed by atoms with Gasteiger partial charge >= 0.3 is 0 Å². The Morgan fingerprint density at radius 3 is 1.17 bits per heavy atom. The van der Waals surface area contributed by atoms with E-state index in [4.69, 9.17) is 0 Å². The third-order valence-electron chi connectivity index (χ3n) is 9.40. The highest BCUT2D eigenvalue weighted by Crippen LogP contribution is 2.47. The van der Waals surface area contributed by atoms with Crippen LogP contribution in [-0.4, -0.2) is 4.40 Å². The van der Waals surface area contributed by atoms with Crippen molar-refractivity contribution in [1.29, 1.82) is 10.5 Å². The molecule has 0 aliphatic carbocycles. The molecule has 9 rings (SSSR count). The molecule has 2 aromatic heterocycles. The van der Waals surface area contributed by atoms with E-state index in [-0.39, 0.29) is 0 Å². The monoisotopic (exact) mass is 595 g/mol. The van der Waals surface area contributed by atoms with Gasteiger partial charge in [0.05, 0.1) is 39.8 Å². The third kappa shape index (κ3) is 3.98. The van der Waals surface area contributed by atoms with Crippen LogP contribution in [-0.2, 0) is 0 Å². The molecule has 0 radical (unpaired) electrons. The van der Waals surface area contributed by atoms with Crippen molar-refractivity contribution in [1.82, 2.24) is 4.40 Å². The van der Waals surface area contributed by atoms with Gasteiger partial charge in [0, 0.05) is 32.7 Å². The summed E-state index contributed by atoms with van der Waals surface area (Å²) < 4.78 is 2.33. The lowest BCUT2D eigenvalue weighted by Gasteiger charge is -2.13. The maximum Gasteiger partial charge on any atom is 0.0998 e. The van der Waals surface area contributed by atoms with Gasteiger partial charge in [-0.1, -0.05) is 127 Å². The fourth-order valence-electron chi connectivity index (χ4n) is 7.38. The van der Waals surface area contributed by atoms with Crippen molar-refractivity contribution in [3.05, 3.63) is 163 Å². The van der Waals surface area contributed by atoms with Crippen LogP contribution in [0.5, 0.6) is 0 Å². The summed E-state index contributed by atoms with van der Waals surface area (Å²) in [6.07, 6.45) is 0. The summed E-state index contributed by atoms with van der Waals surface area (Å²) in [7, 11) is 0. The Balaban J connectivity index is 1.44. The van der Waals surface area contributed by atoms with Crippen LogP contribution in [0, 0.1) is 22.7 Å². The van der Waals surface area contributed by atoms with E-state index in [1.54, 1.807) is 0 Å². The normalized spacial score (nSPS) is 11.4. The minimum atomic E-state index is 0.612. The molecule has 0 saturated carbocycles. The molecular formula is C44H25N3. The van der Waals surface area contributed by atoms with Crippen molar-refractivity contribution in [3.8, 4) is 56.6 Å². The summed E-state index contributed by atoms with van der Waals surface area (Å²) in [6.45, 7) is 0. The lowest BCUT2D eigenvalue weighted by atomic mass is 9.92. The summed E-state index contributed by atoms with van der Waals surface area (Å²) in [6, 6.07) is 57.1. The zero-order valence-electron chi connectivity index (χ0n) is 25.3. The van der Waals surface area contributed by atoms with Gasteiger partial charge < -0.3 is 4.40 Å². The molecule has 9 aromatic rings. The molecule has 0 aliphatic rings. The zero-order chi connectivity index (χ0) is 31.5.